The predicted octanol–water partition coefficient (Wildman–Crippen LogP) is 2.35. The Labute approximate surface area is 73.0 Å². The molecule has 0 aromatic carbocycles. The molecule has 0 radical (unpaired) electrons. The molecule has 0 aliphatic rings. The van der Waals surface area contributed by atoms with Gasteiger partial charge in [0.15, 0.2) is 0 Å². The fraction of sp³-hybridized carbons (Fsp3) is 0.125. The van der Waals surface area contributed by atoms with Crippen LogP contribution >= 0.6 is 0 Å². The first kappa shape index (κ1) is 6.94. The standard InChI is InChI=1S/C8H5F3N2/c9-8(10,11)6-1-2-7-3-4-12-13(7)5-6/h1-5H/i4D. The van der Waals surface area contributed by atoms with Crippen molar-refractivity contribution < 1.29 is 14.5 Å². The quantitative estimate of drug-likeness (QED) is 0.618. The Balaban J connectivity index is 2.62. The Morgan fingerprint density at radius 3 is 2.77 bits per heavy atom. The minimum atomic E-state index is -4.37. The van der Waals surface area contributed by atoms with Crippen LogP contribution in [0.4, 0.5) is 13.2 Å². The van der Waals surface area contributed by atoms with E-state index in [-0.39, 0.29) is 6.17 Å². The van der Waals surface area contributed by atoms with Crippen molar-refractivity contribution in [2.45, 2.75) is 6.18 Å². The Morgan fingerprint density at radius 1 is 1.31 bits per heavy atom. The maximum atomic E-state index is 12.2. The predicted molar refractivity (Wildman–Crippen MR) is 40.2 cm³/mol. The minimum absolute atomic E-state index is 0.0516. The molecule has 2 aromatic rings. The van der Waals surface area contributed by atoms with Gasteiger partial charge in [-0.1, -0.05) is 0 Å². The molecule has 0 aliphatic heterocycles. The van der Waals surface area contributed by atoms with E-state index in [4.69, 9.17) is 1.37 Å². The first-order chi connectivity index (χ1) is 6.47. The Hall–Kier alpha value is -1.52. The third-order valence-corrected chi connectivity index (χ3v) is 1.66. The van der Waals surface area contributed by atoms with Crippen LogP contribution in [0, 0.1) is 0 Å². The highest BCUT2D eigenvalue weighted by atomic mass is 19.4. The molecular weight excluding hydrogens is 181 g/mol. The van der Waals surface area contributed by atoms with Gasteiger partial charge in [0.2, 0.25) is 0 Å². The second kappa shape index (κ2) is 2.48. The zero-order chi connectivity index (χ0) is 10.3. The third kappa shape index (κ3) is 1.37. The summed E-state index contributed by atoms with van der Waals surface area (Å²) in [6, 6.07) is 3.64. The number of pyridine rings is 1. The van der Waals surface area contributed by atoms with Crippen LogP contribution in [0.5, 0.6) is 0 Å². The van der Waals surface area contributed by atoms with E-state index in [1.54, 1.807) is 0 Å². The van der Waals surface area contributed by atoms with E-state index >= 15 is 0 Å². The molecule has 2 rings (SSSR count). The van der Waals surface area contributed by atoms with Crippen molar-refractivity contribution in [1.29, 1.82) is 0 Å². The molecule has 0 unspecified atom stereocenters. The number of fused-ring (bicyclic) bond motifs is 1. The van der Waals surface area contributed by atoms with Crippen LogP contribution in [0.2, 0.25) is 0 Å². The van der Waals surface area contributed by atoms with Crippen molar-refractivity contribution in [2.24, 2.45) is 0 Å². The van der Waals surface area contributed by atoms with E-state index in [0.29, 0.717) is 5.52 Å². The van der Waals surface area contributed by atoms with Gasteiger partial charge in [0.1, 0.15) is 0 Å². The van der Waals surface area contributed by atoms with E-state index in [1.165, 1.54) is 12.1 Å². The summed E-state index contributed by atoms with van der Waals surface area (Å²) in [5.41, 5.74) is -0.295. The summed E-state index contributed by atoms with van der Waals surface area (Å²) in [5, 5.41) is 3.57. The summed E-state index contributed by atoms with van der Waals surface area (Å²) in [5.74, 6) is 0. The Kier molecular flexibility index (Phi) is 1.32. The highest BCUT2D eigenvalue weighted by molar-refractivity contribution is 5.46. The van der Waals surface area contributed by atoms with Gasteiger partial charge in [-0.15, -0.1) is 0 Å². The molecule has 2 nitrogen and oxygen atoms in total. The molecule has 0 atom stereocenters. The highest BCUT2D eigenvalue weighted by Gasteiger charge is 2.30. The number of rotatable bonds is 0. The molecule has 0 saturated carbocycles. The van der Waals surface area contributed by atoms with E-state index in [2.05, 4.69) is 5.10 Å². The van der Waals surface area contributed by atoms with Gasteiger partial charge in [-0.2, -0.15) is 18.3 Å². The van der Waals surface area contributed by atoms with Crippen molar-refractivity contribution >= 4 is 5.52 Å². The SMILES string of the molecule is [2H]c1cc2ccc(C(F)(F)F)cn2n1. The normalized spacial score (nSPS) is 13.3. The average Bonchev–Trinajstić information content (AvgIpc) is 2.41. The molecular formula is C8H5F3N2. The zero-order valence-electron chi connectivity index (χ0n) is 7.34. The van der Waals surface area contributed by atoms with Gasteiger partial charge in [0.05, 0.1) is 12.5 Å². The van der Waals surface area contributed by atoms with Crippen LogP contribution < -0.4 is 0 Å². The minimum Gasteiger partial charge on any atom is -0.240 e. The van der Waals surface area contributed by atoms with Crippen molar-refractivity contribution in [1.82, 2.24) is 9.61 Å². The number of aromatic nitrogens is 2. The molecule has 13 heavy (non-hydrogen) atoms. The number of hydrogen-bond donors (Lipinski definition) is 0. The topological polar surface area (TPSA) is 17.3 Å². The summed E-state index contributed by atoms with van der Waals surface area (Å²) < 4.78 is 44.9. The second-order valence-corrected chi connectivity index (χ2v) is 2.56. The lowest BCUT2D eigenvalue weighted by molar-refractivity contribution is -0.137. The summed E-state index contributed by atoms with van der Waals surface area (Å²) in [7, 11) is 0. The molecule has 0 saturated heterocycles. The van der Waals surface area contributed by atoms with Gasteiger partial charge in [-0.3, -0.25) is 0 Å². The highest BCUT2D eigenvalue weighted by Crippen LogP contribution is 2.28. The van der Waals surface area contributed by atoms with Crippen molar-refractivity contribution in [3.63, 3.8) is 0 Å². The van der Waals surface area contributed by atoms with Gasteiger partial charge in [-0.25, -0.2) is 4.52 Å². The fourth-order valence-electron chi connectivity index (χ4n) is 1.03. The largest absolute Gasteiger partial charge is 0.417 e. The Morgan fingerprint density at radius 2 is 2.08 bits per heavy atom. The van der Waals surface area contributed by atoms with Gasteiger partial charge < -0.3 is 0 Å². The molecule has 0 aliphatic carbocycles. The van der Waals surface area contributed by atoms with Crippen molar-refractivity contribution in [3.05, 3.63) is 36.1 Å². The maximum absolute atomic E-state index is 12.2. The molecule has 0 bridgehead atoms. The van der Waals surface area contributed by atoms with E-state index in [1.807, 2.05) is 0 Å². The number of alkyl halides is 3. The van der Waals surface area contributed by atoms with E-state index in [9.17, 15) is 13.2 Å². The third-order valence-electron chi connectivity index (χ3n) is 1.66. The fourth-order valence-corrected chi connectivity index (χ4v) is 1.03. The number of hydrogen-bond acceptors (Lipinski definition) is 1. The molecule has 0 spiro atoms. The zero-order valence-corrected chi connectivity index (χ0v) is 6.34. The lowest BCUT2D eigenvalue weighted by Gasteiger charge is -2.05. The Bertz CT molecular complexity index is 475. The van der Waals surface area contributed by atoms with Gasteiger partial charge in [-0.05, 0) is 18.2 Å². The molecule has 0 amide bonds. The summed E-state index contributed by atoms with van der Waals surface area (Å²) in [6.45, 7) is 0. The van der Waals surface area contributed by atoms with Crippen LogP contribution in [-0.2, 0) is 6.18 Å². The van der Waals surface area contributed by atoms with Crippen molar-refractivity contribution in [3.8, 4) is 0 Å². The van der Waals surface area contributed by atoms with Gasteiger partial charge in [0.25, 0.3) is 0 Å². The van der Waals surface area contributed by atoms with Crippen LogP contribution in [0.3, 0.4) is 0 Å². The molecule has 0 N–H and O–H groups in total. The van der Waals surface area contributed by atoms with Crippen LogP contribution in [0.15, 0.2) is 30.6 Å². The lowest BCUT2D eigenvalue weighted by atomic mass is 10.2. The second-order valence-electron chi connectivity index (χ2n) is 2.56. The summed E-state index contributed by atoms with van der Waals surface area (Å²) in [6.07, 6.45) is -3.56. The lowest BCUT2D eigenvalue weighted by Crippen LogP contribution is -2.06. The average molecular weight is 187 g/mol. The molecule has 68 valence electrons. The molecule has 5 heteroatoms. The first-order valence-electron chi connectivity index (χ1n) is 4.00. The number of nitrogens with zero attached hydrogens (tertiary/aromatic N) is 2. The monoisotopic (exact) mass is 187 g/mol. The van der Waals surface area contributed by atoms with Crippen molar-refractivity contribution in [2.75, 3.05) is 0 Å². The van der Waals surface area contributed by atoms with Crippen LogP contribution in [0.25, 0.3) is 5.52 Å². The summed E-state index contributed by atoms with van der Waals surface area (Å²) in [4.78, 5) is 0. The maximum Gasteiger partial charge on any atom is 0.417 e. The number of halogens is 3. The van der Waals surface area contributed by atoms with Gasteiger partial charge >= 0.3 is 6.18 Å². The van der Waals surface area contributed by atoms with Gasteiger partial charge in [0, 0.05) is 12.4 Å². The summed E-state index contributed by atoms with van der Waals surface area (Å²) >= 11 is 0. The van der Waals surface area contributed by atoms with E-state index < -0.39 is 11.7 Å². The van der Waals surface area contributed by atoms with Crippen LogP contribution in [-0.4, -0.2) is 9.61 Å². The first-order valence-corrected chi connectivity index (χ1v) is 3.50. The molecule has 2 heterocycles. The molecule has 2 aromatic heterocycles. The molecule has 0 fully saturated rings. The smallest absolute Gasteiger partial charge is 0.240 e. The van der Waals surface area contributed by atoms with E-state index in [0.717, 1.165) is 16.8 Å². The van der Waals surface area contributed by atoms with Crippen LogP contribution in [0.1, 0.15) is 6.93 Å².